The monoisotopic (exact) mass is 490 g/mol. The lowest BCUT2D eigenvalue weighted by Gasteiger charge is -2.32. The Kier molecular flexibility index (Phi) is 8.37. The quantitative estimate of drug-likeness (QED) is 0.465. The molecule has 1 saturated heterocycles. The first kappa shape index (κ1) is 25.1. The van der Waals surface area contributed by atoms with Gasteiger partial charge < -0.3 is 5.32 Å². The van der Waals surface area contributed by atoms with Crippen LogP contribution in [0.3, 0.4) is 0 Å². The molecule has 3 aromatic carbocycles. The molecule has 0 aliphatic carbocycles. The van der Waals surface area contributed by atoms with Gasteiger partial charge in [0.2, 0.25) is 15.9 Å². The lowest BCUT2D eigenvalue weighted by atomic mass is 9.93. The van der Waals surface area contributed by atoms with Crippen LogP contribution in [0.15, 0.2) is 84.9 Å². The van der Waals surface area contributed by atoms with E-state index in [9.17, 15) is 13.2 Å². The Morgan fingerprint density at radius 2 is 1.63 bits per heavy atom. The van der Waals surface area contributed by atoms with Crippen LogP contribution < -0.4 is 5.32 Å². The van der Waals surface area contributed by atoms with Gasteiger partial charge in [0.05, 0.1) is 17.7 Å². The first-order chi connectivity index (χ1) is 16.9. The topological polar surface area (TPSA) is 66.5 Å². The lowest BCUT2D eigenvalue weighted by molar-refractivity contribution is -0.126. The SMILES string of the molecule is Cc1ccccc1[C@H](NC(=O)[C@H]1CCCN(S(=O)(=O)CCCc2ccccc2)C1)c1ccccc1. The summed E-state index contributed by atoms with van der Waals surface area (Å²) in [5.74, 6) is -0.347. The van der Waals surface area contributed by atoms with Gasteiger partial charge in [-0.05, 0) is 54.9 Å². The van der Waals surface area contributed by atoms with E-state index >= 15 is 0 Å². The van der Waals surface area contributed by atoms with Gasteiger partial charge in [-0.3, -0.25) is 4.79 Å². The molecule has 0 aromatic heterocycles. The molecule has 5 nitrogen and oxygen atoms in total. The summed E-state index contributed by atoms with van der Waals surface area (Å²) in [7, 11) is -3.41. The number of hydrogen-bond donors (Lipinski definition) is 1. The van der Waals surface area contributed by atoms with Crippen LogP contribution >= 0.6 is 0 Å². The van der Waals surface area contributed by atoms with Crippen molar-refractivity contribution >= 4 is 15.9 Å². The summed E-state index contributed by atoms with van der Waals surface area (Å²) in [6, 6.07) is 27.6. The second-order valence-corrected chi connectivity index (χ2v) is 11.4. The maximum Gasteiger partial charge on any atom is 0.225 e. The minimum absolute atomic E-state index is 0.0914. The van der Waals surface area contributed by atoms with Crippen LogP contribution in [-0.2, 0) is 21.2 Å². The van der Waals surface area contributed by atoms with Crippen molar-refractivity contribution in [1.82, 2.24) is 9.62 Å². The molecule has 1 fully saturated rings. The molecular formula is C29H34N2O3S. The fourth-order valence-corrected chi connectivity index (χ4v) is 6.38. The van der Waals surface area contributed by atoms with Crippen LogP contribution in [0.5, 0.6) is 0 Å². The van der Waals surface area contributed by atoms with E-state index in [1.54, 1.807) is 0 Å². The fourth-order valence-electron chi connectivity index (χ4n) is 4.80. The Bertz CT molecular complexity index is 1210. The summed E-state index contributed by atoms with van der Waals surface area (Å²) in [6.07, 6.45) is 2.68. The number of amides is 1. The Labute approximate surface area is 209 Å². The highest BCUT2D eigenvalue weighted by Gasteiger charge is 2.33. The summed E-state index contributed by atoms with van der Waals surface area (Å²) in [5.41, 5.74) is 4.30. The zero-order chi connectivity index (χ0) is 24.7. The molecule has 3 aromatic rings. The highest BCUT2D eigenvalue weighted by Crippen LogP contribution is 2.27. The summed E-state index contributed by atoms with van der Waals surface area (Å²) < 4.78 is 27.6. The standard InChI is InChI=1S/C29H34N2O3S/c1-23-12-8-9-19-27(23)28(25-16-6-3-7-17-25)30-29(32)26-18-10-20-31(22-26)35(33,34)21-11-15-24-13-4-2-5-14-24/h2-9,12-14,16-17,19,26,28H,10-11,15,18,20-22H2,1H3,(H,30,32)/t26-,28+/m0/s1. The van der Waals surface area contributed by atoms with Crippen molar-refractivity contribution in [3.63, 3.8) is 0 Å². The Morgan fingerprint density at radius 3 is 2.34 bits per heavy atom. The van der Waals surface area contributed by atoms with E-state index in [0.717, 1.165) is 28.7 Å². The van der Waals surface area contributed by atoms with E-state index in [-0.39, 0.29) is 30.2 Å². The van der Waals surface area contributed by atoms with Gasteiger partial charge in [0.15, 0.2) is 0 Å². The van der Waals surface area contributed by atoms with Crippen LogP contribution in [0.4, 0.5) is 0 Å². The smallest absolute Gasteiger partial charge is 0.225 e. The molecule has 1 N–H and O–H groups in total. The number of nitrogens with zero attached hydrogens (tertiary/aromatic N) is 1. The number of carbonyl (C=O) groups excluding carboxylic acids is 1. The Morgan fingerprint density at radius 1 is 0.971 bits per heavy atom. The molecule has 1 aliphatic heterocycles. The fraction of sp³-hybridized carbons (Fsp3) is 0.345. The molecule has 35 heavy (non-hydrogen) atoms. The number of rotatable bonds is 9. The Hall–Kier alpha value is -2.96. The molecule has 4 rings (SSSR count). The molecule has 6 heteroatoms. The maximum atomic E-state index is 13.4. The van der Waals surface area contributed by atoms with Crippen LogP contribution in [0.1, 0.15) is 47.6 Å². The second-order valence-electron chi connectivity index (χ2n) is 9.31. The predicted octanol–water partition coefficient (Wildman–Crippen LogP) is 4.88. The molecule has 184 valence electrons. The average Bonchev–Trinajstić information content (AvgIpc) is 2.89. The van der Waals surface area contributed by atoms with Crippen LogP contribution in [0.25, 0.3) is 0 Å². The first-order valence-corrected chi connectivity index (χ1v) is 14.0. The highest BCUT2D eigenvalue weighted by molar-refractivity contribution is 7.89. The van der Waals surface area contributed by atoms with Gasteiger partial charge >= 0.3 is 0 Å². The van der Waals surface area contributed by atoms with Gasteiger partial charge in [0.25, 0.3) is 0 Å². The normalized spacial score (nSPS) is 17.6. The zero-order valence-electron chi connectivity index (χ0n) is 20.3. The third-order valence-corrected chi connectivity index (χ3v) is 8.70. The van der Waals surface area contributed by atoms with Crippen molar-refractivity contribution in [1.29, 1.82) is 0 Å². The molecule has 0 radical (unpaired) electrons. The van der Waals surface area contributed by atoms with Gasteiger partial charge in [-0.1, -0.05) is 84.9 Å². The third-order valence-electron chi connectivity index (χ3n) is 6.78. The minimum atomic E-state index is -3.41. The highest BCUT2D eigenvalue weighted by atomic mass is 32.2. The van der Waals surface area contributed by atoms with E-state index < -0.39 is 10.0 Å². The van der Waals surface area contributed by atoms with Crippen molar-refractivity contribution < 1.29 is 13.2 Å². The summed E-state index contributed by atoms with van der Waals surface area (Å²) in [6.45, 7) is 2.77. The summed E-state index contributed by atoms with van der Waals surface area (Å²) in [5, 5.41) is 3.24. The summed E-state index contributed by atoms with van der Waals surface area (Å²) in [4.78, 5) is 13.4. The molecule has 1 heterocycles. The maximum absolute atomic E-state index is 13.4. The third kappa shape index (κ3) is 6.59. The average molecular weight is 491 g/mol. The Balaban J connectivity index is 1.42. The van der Waals surface area contributed by atoms with Gasteiger partial charge in [0.1, 0.15) is 0 Å². The van der Waals surface area contributed by atoms with E-state index in [1.807, 2.05) is 91.9 Å². The van der Waals surface area contributed by atoms with Crippen LogP contribution in [-0.4, -0.2) is 37.5 Å². The lowest BCUT2D eigenvalue weighted by Crippen LogP contribution is -2.46. The molecule has 1 aliphatic rings. The largest absolute Gasteiger partial charge is 0.345 e. The number of piperidine rings is 1. The number of aryl methyl sites for hydroxylation is 2. The van der Waals surface area contributed by atoms with Crippen molar-refractivity contribution in [3.05, 3.63) is 107 Å². The molecule has 0 spiro atoms. The number of carbonyl (C=O) groups is 1. The van der Waals surface area contributed by atoms with E-state index in [1.165, 1.54) is 4.31 Å². The molecule has 0 unspecified atom stereocenters. The minimum Gasteiger partial charge on any atom is -0.345 e. The molecule has 0 saturated carbocycles. The van der Waals surface area contributed by atoms with E-state index in [4.69, 9.17) is 0 Å². The van der Waals surface area contributed by atoms with Crippen LogP contribution in [0.2, 0.25) is 0 Å². The number of hydrogen-bond acceptors (Lipinski definition) is 3. The van der Waals surface area contributed by atoms with Gasteiger partial charge in [-0.2, -0.15) is 0 Å². The number of nitrogens with one attached hydrogen (secondary N) is 1. The number of benzene rings is 3. The molecule has 1 amide bonds. The summed E-state index contributed by atoms with van der Waals surface area (Å²) >= 11 is 0. The van der Waals surface area contributed by atoms with Crippen molar-refractivity contribution in [2.45, 2.75) is 38.6 Å². The predicted molar refractivity (Wildman–Crippen MR) is 140 cm³/mol. The van der Waals surface area contributed by atoms with E-state index in [0.29, 0.717) is 25.8 Å². The van der Waals surface area contributed by atoms with Crippen molar-refractivity contribution in [2.24, 2.45) is 5.92 Å². The molecule has 0 bridgehead atoms. The zero-order valence-corrected chi connectivity index (χ0v) is 21.1. The van der Waals surface area contributed by atoms with E-state index in [2.05, 4.69) is 5.32 Å². The van der Waals surface area contributed by atoms with Gasteiger partial charge in [0, 0.05) is 13.1 Å². The first-order valence-electron chi connectivity index (χ1n) is 12.4. The number of sulfonamides is 1. The van der Waals surface area contributed by atoms with Gasteiger partial charge in [-0.15, -0.1) is 0 Å². The molecule has 2 atom stereocenters. The van der Waals surface area contributed by atoms with Gasteiger partial charge in [-0.25, -0.2) is 12.7 Å². The second kappa shape index (κ2) is 11.6. The van der Waals surface area contributed by atoms with Crippen LogP contribution in [0, 0.1) is 12.8 Å². The molecular weight excluding hydrogens is 456 g/mol. The van der Waals surface area contributed by atoms with Crippen molar-refractivity contribution in [2.75, 3.05) is 18.8 Å². The van der Waals surface area contributed by atoms with Crippen molar-refractivity contribution in [3.8, 4) is 0 Å².